The lowest BCUT2D eigenvalue weighted by molar-refractivity contribution is 0.947. The topological polar surface area (TPSA) is 30.7 Å². The van der Waals surface area contributed by atoms with Crippen LogP contribution in [0.25, 0.3) is 22.3 Å². The van der Waals surface area contributed by atoms with Gasteiger partial charge in [-0.25, -0.2) is 9.97 Å². The maximum absolute atomic E-state index is 6.20. The number of hydrogen-bond donors (Lipinski definition) is 0. The summed E-state index contributed by atoms with van der Waals surface area (Å²) in [5.74, 6) is 0.672. The molecule has 0 aliphatic heterocycles. The summed E-state index contributed by atoms with van der Waals surface area (Å²) >= 11 is 6.20. The fourth-order valence-corrected chi connectivity index (χ4v) is 2.94. The molecule has 0 bridgehead atoms. The second-order valence-electron chi connectivity index (χ2n) is 5.38. The minimum absolute atomic E-state index is 0.515. The lowest BCUT2D eigenvalue weighted by Crippen LogP contribution is -1.93. The molecule has 1 saturated carbocycles. The van der Waals surface area contributed by atoms with Crippen molar-refractivity contribution in [1.29, 1.82) is 0 Å². The van der Waals surface area contributed by atoms with Crippen LogP contribution in [0.15, 0.2) is 36.7 Å². The van der Waals surface area contributed by atoms with Crippen LogP contribution in [0.4, 0.5) is 0 Å². The van der Waals surface area contributed by atoms with Crippen LogP contribution >= 0.6 is 11.6 Å². The standard InChI is InChI=1S/C16H14ClN3/c1-20-9-18-16-13(20)8-14(17)19-15(16)12-5-3-2-4-11(12)10-6-7-10/h2-5,8-10H,6-7H2,1H3. The Morgan fingerprint density at radius 2 is 2.05 bits per heavy atom. The largest absolute Gasteiger partial charge is 0.334 e. The number of nitrogens with zero attached hydrogens (tertiary/aromatic N) is 3. The first-order valence-corrected chi connectivity index (χ1v) is 7.18. The Bertz CT molecular complexity index is 803. The Hall–Kier alpha value is -1.87. The fourth-order valence-electron chi connectivity index (χ4n) is 2.75. The van der Waals surface area contributed by atoms with Gasteiger partial charge in [0.2, 0.25) is 0 Å². The summed E-state index contributed by atoms with van der Waals surface area (Å²) < 4.78 is 1.98. The monoisotopic (exact) mass is 283 g/mol. The fraction of sp³-hybridized carbons (Fsp3) is 0.250. The summed E-state index contributed by atoms with van der Waals surface area (Å²) in [6.45, 7) is 0. The molecule has 0 atom stereocenters. The third-order valence-corrected chi connectivity index (χ3v) is 4.11. The minimum Gasteiger partial charge on any atom is -0.334 e. The Kier molecular flexibility index (Phi) is 2.57. The maximum atomic E-state index is 6.20. The van der Waals surface area contributed by atoms with E-state index in [9.17, 15) is 0 Å². The summed E-state index contributed by atoms with van der Waals surface area (Å²) in [6, 6.07) is 10.3. The number of pyridine rings is 1. The summed E-state index contributed by atoms with van der Waals surface area (Å²) in [6.07, 6.45) is 4.35. The van der Waals surface area contributed by atoms with E-state index >= 15 is 0 Å². The van der Waals surface area contributed by atoms with Gasteiger partial charge in [0.05, 0.1) is 11.8 Å². The van der Waals surface area contributed by atoms with E-state index in [1.165, 1.54) is 24.0 Å². The first kappa shape index (κ1) is 11.9. The number of hydrogen-bond acceptors (Lipinski definition) is 2. The number of rotatable bonds is 2. The van der Waals surface area contributed by atoms with Crippen molar-refractivity contribution in [2.75, 3.05) is 0 Å². The number of halogens is 1. The smallest absolute Gasteiger partial charge is 0.132 e. The van der Waals surface area contributed by atoms with Crippen molar-refractivity contribution < 1.29 is 0 Å². The van der Waals surface area contributed by atoms with E-state index in [0.717, 1.165) is 16.7 Å². The summed E-state index contributed by atoms with van der Waals surface area (Å²) in [7, 11) is 1.97. The molecule has 0 radical (unpaired) electrons. The molecule has 0 N–H and O–H groups in total. The first-order chi connectivity index (χ1) is 9.74. The molecule has 3 nitrogen and oxygen atoms in total. The highest BCUT2D eigenvalue weighted by Gasteiger charge is 2.27. The van der Waals surface area contributed by atoms with E-state index in [-0.39, 0.29) is 0 Å². The average molecular weight is 284 g/mol. The van der Waals surface area contributed by atoms with E-state index < -0.39 is 0 Å². The summed E-state index contributed by atoms with van der Waals surface area (Å²) in [4.78, 5) is 9.04. The van der Waals surface area contributed by atoms with E-state index in [4.69, 9.17) is 11.6 Å². The molecule has 1 aliphatic carbocycles. The molecule has 20 heavy (non-hydrogen) atoms. The molecule has 2 heterocycles. The lowest BCUT2D eigenvalue weighted by atomic mass is 9.99. The van der Waals surface area contributed by atoms with Crippen molar-refractivity contribution in [3.8, 4) is 11.3 Å². The third kappa shape index (κ3) is 1.81. The van der Waals surface area contributed by atoms with Crippen LogP contribution in [0.2, 0.25) is 5.15 Å². The highest BCUT2D eigenvalue weighted by Crippen LogP contribution is 2.44. The van der Waals surface area contributed by atoms with E-state index in [2.05, 4.69) is 34.2 Å². The van der Waals surface area contributed by atoms with Crippen LogP contribution < -0.4 is 0 Å². The molecule has 2 aromatic heterocycles. The first-order valence-electron chi connectivity index (χ1n) is 6.81. The van der Waals surface area contributed by atoms with Crippen LogP contribution in [0.5, 0.6) is 0 Å². The predicted octanol–water partition coefficient (Wildman–Crippen LogP) is 4.17. The van der Waals surface area contributed by atoms with Gasteiger partial charge in [-0.15, -0.1) is 0 Å². The zero-order valence-electron chi connectivity index (χ0n) is 11.2. The van der Waals surface area contributed by atoms with Crippen molar-refractivity contribution in [1.82, 2.24) is 14.5 Å². The van der Waals surface area contributed by atoms with Gasteiger partial charge < -0.3 is 4.57 Å². The van der Waals surface area contributed by atoms with Crippen molar-refractivity contribution >= 4 is 22.6 Å². The van der Waals surface area contributed by atoms with Crippen LogP contribution in [-0.4, -0.2) is 14.5 Å². The highest BCUT2D eigenvalue weighted by atomic mass is 35.5. The van der Waals surface area contributed by atoms with Gasteiger partial charge in [-0.3, -0.25) is 0 Å². The molecule has 4 rings (SSSR count). The zero-order valence-corrected chi connectivity index (χ0v) is 11.9. The quantitative estimate of drug-likeness (QED) is 0.661. The second kappa shape index (κ2) is 4.32. The lowest BCUT2D eigenvalue weighted by Gasteiger charge is -2.09. The molecule has 0 saturated heterocycles. The normalized spacial score (nSPS) is 14.9. The van der Waals surface area contributed by atoms with E-state index in [0.29, 0.717) is 11.1 Å². The minimum atomic E-state index is 0.515. The Balaban J connectivity index is 2.03. The second-order valence-corrected chi connectivity index (χ2v) is 5.77. The van der Waals surface area contributed by atoms with Crippen LogP contribution in [0, 0.1) is 0 Å². The number of imidazole rings is 1. The molecule has 0 amide bonds. The molecule has 0 unspecified atom stereocenters. The molecule has 1 fully saturated rings. The van der Waals surface area contributed by atoms with Crippen molar-refractivity contribution in [3.05, 3.63) is 47.4 Å². The molecule has 1 aliphatic rings. The SMILES string of the molecule is Cn1cnc2c(-c3ccccc3C3CC3)nc(Cl)cc21. The number of benzene rings is 1. The van der Waals surface area contributed by atoms with Crippen LogP contribution in [0.1, 0.15) is 24.3 Å². The number of fused-ring (bicyclic) bond motifs is 1. The van der Waals surface area contributed by atoms with Crippen LogP contribution in [0.3, 0.4) is 0 Å². The van der Waals surface area contributed by atoms with E-state index in [1.807, 2.05) is 24.0 Å². The molecule has 4 heteroatoms. The van der Waals surface area contributed by atoms with Gasteiger partial charge in [-0.1, -0.05) is 35.9 Å². The van der Waals surface area contributed by atoms with Gasteiger partial charge in [0, 0.05) is 18.7 Å². The summed E-state index contributed by atoms with van der Waals surface area (Å²) in [5, 5.41) is 0.515. The average Bonchev–Trinajstić information content (AvgIpc) is 3.24. The van der Waals surface area contributed by atoms with Gasteiger partial charge in [-0.05, 0) is 24.3 Å². The Labute approximate surface area is 122 Å². The highest BCUT2D eigenvalue weighted by molar-refractivity contribution is 6.30. The third-order valence-electron chi connectivity index (χ3n) is 3.91. The van der Waals surface area contributed by atoms with Crippen LogP contribution in [-0.2, 0) is 7.05 Å². The Morgan fingerprint density at radius 1 is 1.25 bits per heavy atom. The van der Waals surface area contributed by atoms with Crippen molar-refractivity contribution in [3.63, 3.8) is 0 Å². The molecule has 0 spiro atoms. The number of aromatic nitrogens is 3. The molecule has 3 aromatic rings. The maximum Gasteiger partial charge on any atom is 0.132 e. The molecule has 1 aromatic carbocycles. The van der Waals surface area contributed by atoms with Gasteiger partial charge >= 0.3 is 0 Å². The van der Waals surface area contributed by atoms with E-state index in [1.54, 1.807) is 0 Å². The van der Waals surface area contributed by atoms with Gasteiger partial charge in [0.15, 0.2) is 0 Å². The van der Waals surface area contributed by atoms with Gasteiger partial charge in [0.1, 0.15) is 16.4 Å². The van der Waals surface area contributed by atoms with Gasteiger partial charge in [0.25, 0.3) is 0 Å². The molecule has 100 valence electrons. The van der Waals surface area contributed by atoms with Crippen molar-refractivity contribution in [2.45, 2.75) is 18.8 Å². The Morgan fingerprint density at radius 3 is 2.85 bits per heavy atom. The zero-order chi connectivity index (χ0) is 13.7. The molecular formula is C16H14ClN3. The predicted molar refractivity (Wildman–Crippen MR) is 80.9 cm³/mol. The molecular weight excluding hydrogens is 270 g/mol. The summed E-state index contributed by atoms with van der Waals surface area (Å²) in [5.41, 5.74) is 5.38. The van der Waals surface area contributed by atoms with Crippen molar-refractivity contribution in [2.24, 2.45) is 7.05 Å². The number of aryl methyl sites for hydroxylation is 1. The van der Waals surface area contributed by atoms with Gasteiger partial charge in [-0.2, -0.15) is 0 Å².